The molecule has 1 aliphatic rings. The minimum atomic E-state index is -4.82. The van der Waals surface area contributed by atoms with E-state index in [1.54, 1.807) is 5.32 Å². The standard InChI is InChI=1S/C17H9Cl2F6N3O3/c18-9-2-1-6(16(20,21)22)3-7(9)12(29)15(31)27-14(30)11-13(19)28(5-26-11)10-4-8(10)17(23,24)25/h1-3,5,8,10H,4H2,(H,27,30,31). The summed E-state index contributed by atoms with van der Waals surface area (Å²) in [4.78, 5) is 39.9. The first-order valence-electron chi connectivity index (χ1n) is 8.27. The molecule has 6 nitrogen and oxygen atoms in total. The Hall–Kier alpha value is -2.60. The zero-order valence-corrected chi connectivity index (χ0v) is 16.3. The Morgan fingerprint density at radius 2 is 1.74 bits per heavy atom. The number of hydrogen-bond acceptors (Lipinski definition) is 4. The van der Waals surface area contributed by atoms with E-state index in [9.17, 15) is 40.7 Å². The van der Waals surface area contributed by atoms with Gasteiger partial charge in [0.1, 0.15) is 5.15 Å². The van der Waals surface area contributed by atoms with Crippen LogP contribution in [0.15, 0.2) is 24.5 Å². The second kappa shape index (κ2) is 7.83. The van der Waals surface area contributed by atoms with Gasteiger partial charge in [0, 0.05) is 11.6 Å². The Labute approximate surface area is 179 Å². The van der Waals surface area contributed by atoms with E-state index in [4.69, 9.17) is 23.2 Å². The van der Waals surface area contributed by atoms with Crippen LogP contribution in [0.25, 0.3) is 0 Å². The predicted octanol–water partition coefficient (Wildman–Crippen LogP) is 4.47. The topological polar surface area (TPSA) is 81.1 Å². The smallest absolute Gasteiger partial charge is 0.317 e. The third-order valence-corrected chi connectivity index (χ3v) is 5.16. The number of nitrogens with zero attached hydrogens (tertiary/aromatic N) is 2. The van der Waals surface area contributed by atoms with Gasteiger partial charge < -0.3 is 4.57 Å². The van der Waals surface area contributed by atoms with Gasteiger partial charge in [-0.3, -0.25) is 19.7 Å². The van der Waals surface area contributed by atoms with Crippen LogP contribution in [0.3, 0.4) is 0 Å². The lowest BCUT2D eigenvalue weighted by atomic mass is 10.1. The molecule has 1 saturated carbocycles. The number of benzene rings is 1. The minimum Gasteiger partial charge on any atom is -0.317 e. The summed E-state index contributed by atoms with van der Waals surface area (Å²) in [7, 11) is 0. The van der Waals surface area contributed by atoms with Crippen LogP contribution in [-0.4, -0.2) is 33.3 Å². The largest absolute Gasteiger partial charge is 0.416 e. The van der Waals surface area contributed by atoms with Crippen LogP contribution >= 0.6 is 23.2 Å². The van der Waals surface area contributed by atoms with E-state index in [-0.39, 0.29) is 6.42 Å². The van der Waals surface area contributed by atoms with Crippen LogP contribution in [0.5, 0.6) is 0 Å². The Morgan fingerprint density at radius 1 is 1.10 bits per heavy atom. The molecule has 0 aliphatic heterocycles. The molecule has 2 atom stereocenters. The molecule has 3 rings (SSSR count). The molecule has 0 bridgehead atoms. The fraction of sp³-hybridized carbons (Fsp3) is 0.294. The van der Waals surface area contributed by atoms with E-state index in [2.05, 4.69) is 4.98 Å². The van der Waals surface area contributed by atoms with Crippen molar-refractivity contribution >= 4 is 40.8 Å². The van der Waals surface area contributed by atoms with Gasteiger partial charge in [0.25, 0.3) is 17.6 Å². The molecule has 1 N–H and O–H groups in total. The summed E-state index contributed by atoms with van der Waals surface area (Å²) >= 11 is 11.6. The van der Waals surface area contributed by atoms with Crippen LogP contribution in [0, 0.1) is 5.92 Å². The first-order chi connectivity index (χ1) is 14.2. The molecule has 0 saturated heterocycles. The van der Waals surface area contributed by atoms with Crippen molar-refractivity contribution in [2.24, 2.45) is 5.92 Å². The van der Waals surface area contributed by atoms with Crippen LogP contribution in [0.2, 0.25) is 10.2 Å². The molecule has 2 amide bonds. The molecule has 1 heterocycles. The average Bonchev–Trinajstić information content (AvgIpc) is 3.36. The van der Waals surface area contributed by atoms with E-state index < -0.39 is 68.9 Å². The van der Waals surface area contributed by atoms with E-state index in [0.29, 0.717) is 12.1 Å². The average molecular weight is 488 g/mol. The van der Waals surface area contributed by atoms with Crippen molar-refractivity contribution in [1.29, 1.82) is 0 Å². The number of hydrogen-bond donors (Lipinski definition) is 1. The van der Waals surface area contributed by atoms with Gasteiger partial charge in [-0.1, -0.05) is 23.2 Å². The number of carbonyl (C=O) groups excluding carboxylic acids is 3. The van der Waals surface area contributed by atoms with Gasteiger partial charge in [-0.05, 0) is 24.6 Å². The number of imide groups is 1. The molecular formula is C17H9Cl2F6N3O3. The van der Waals surface area contributed by atoms with E-state index in [0.717, 1.165) is 17.0 Å². The van der Waals surface area contributed by atoms with Crippen molar-refractivity contribution in [3.8, 4) is 0 Å². The molecule has 1 fully saturated rings. The Bertz CT molecular complexity index is 1080. The van der Waals surface area contributed by atoms with Crippen LogP contribution in [0.1, 0.15) is 38.9 Å². The molecule has 1 aromatic heterocycles. The van der Waals surface area contributed by atoms with E-state index in [1.807, 2.05) is 0 Å². The van der Waals surface area contributed by atoms with Gasteiger partial charge in [0.15, 0.2) is 5.69 Å². The molecule has 1 aliphatic carbocycles. The maximum absolute atomic E-state index is 12.8. The van der Waals surface area contributed by atoms with Gasteiger partial charge in [0.2, 0.25) is 0 Å². The molecule has 14 heteroatoms. The molecule has 0 radical (unpaired) electrons. The van der Waals surface area contributed by atoms with Crippen LogP contribution < -0.4 is 5.32 Å². The van der Waals surface area contributed by atoms with Gasteiger partial charge in [-0.25, -0.2) is 4.98 Å². The van der Waals surface area contributed by atoms with Crippen molar-refractivity contribution in [1.82, 2.24) is 14.9 Å². The number of alkyl halides is 6. The summed E-state index contributed by atoms with van der Waals surface area (Å²) in [5.41, 5.74) is -2.68. The molecule has 1 aromatic carbocycles. The SMILES string of the molecule is O=C(NC(=O)c1ncn(C2CC2C(F)(F)F)c1Cl)C(=O)c1cc(C(F)(F)F)ccc1Cl. The van der Waals surface area contributed by atoms with Crippen molar-refractivity contribution in [3.05, 3.63) is 51.5 Å². The summed E-state index contributed by atoms with van der Waals surface area (Å²) in [5, 5.41) is 0.628. The number of Topliss-reactive ketones (excluding diaryl/α,β-unsaturated/α-hetero) is 1. The summed E-state index contributed by atoms with van der Waals surface area (Å²) in [6.07, 6.45) is -8.67. The fourth-order valence-electron chi connectivity index (χ4n) is 2.79. The number of rotatable bonds is 4. The normalized spacial score (nSPS) is 18.6. The molecule has 2 unspecified atom stereocenters. The quantitative estimate of drug-likeness (QED) is 0.392. The zero-order valence-electron chi connectivity index (χ0n) is 14.8. The second-order valence-corrected chi connectivity index (χ2v) is 7.31. The molecule has 2 aromatic rings. The highest BCUT2D eigenvalue weighted by molar-refractivity contribution is 6.49. The van der Waals surface area contributed by atoms with E-state index >= 15 is 0 Å². The number of ketones is 1. The van der Waals surface area contributed by atoms with Crippen molar-refractivity contribution in [3.63, 3.8) is 0 Å². The lowest BCUT2D eigenvalue weighted by molar-refractivity contribution is -0.150. The van der Waals surface area contributed by atoms with Crippen molar-refractivity contribution in [2.45, 2.75) is 24.8 Å². The monoisotopic (exact) mass is 487 g/mol. The molecule has 31 heavy (non-hydrogen) atoms. The Balaban J connectivity index is 1.75. The molecule has 166 valence electrons. The fourth-order valence-corrected chi connectivity index (χ4v) is 3.29. The summed E-state index contributed by atoms with van der Waals surface area (Å²) in [6.45, 7) is 0. The third-order valence-electron chi connectivity index (χ3n) is 4.45. The summed E-state index contributed by atoms with van der Waals surface area (Å²) in [5.74, 6) is -6.16. The molecular weight excluding hydrogens is 479 g/mol. The van der Waals surface area contributed by atoms with Crippen molar-refractivity contribution < 1.29 is 40.7 Å². The number of carbonyl (C=O) groups is 3. The summed E-state index contributed by atoms with van der Waals surface area (Å²) in [6, 6.07) is 0.641. The number of nitrogens with one attached hydrogen (secondary N) is 1. The summed E-state index contributed by atoms with van der Waals surface area (Å²) < 4.78 is 77.5. The maximum Gasteiger partial charge on any atom is 0.416 e. The highest BCUT2D eigenvalue weighted by atomic mass is 35.5. The second-order valence-electron chi connectivity index (χ2n) is 6.55. The van der Waals surface area contributed by atoms with Gasteiger partial charge in [0.05, 0.1) is 22.8 Å². The zero-order chi connectivity index (χ0) is 23.3. The number of halogens is 8. The highest BCUT2D eigenvalue weighted by Crippen LogP contribution is 2.54. The first-order valence-corrected chi connectivity index (χ1v) is 9.03. The van der Waals surface area contributed by atoms with Gasteiger partial charge in [-0.2, -0.15) is 26.3 Å². The number of amides is 2. The third kappa shape index (κ3) is 4.69. The highest BCUT2D eigenvalue weighted by Gasteiger charge is 2.57. The Morgan fingerprint density at radius 3 is 2.29 bits per heavy atom. The van der Waals surface area contributed by atoms with Gasteiger partial charge >= 0.3 is 12.4 Å². The Kier molecular flexibility index (Phi) is 5.82. The number of aromatic nitrogens is 2. The lowest BCUT2D eigenvalue weighted by Crippen LogP contribution is -2.36. The molecule has 0 spiro atoms. The van der Waals surface area contributed by atoms with Gasteiger partial charge in [-0.15, -0.1) is 0 Å². The maximum atomic E-state index is 12.8. The first kappa shape index (κ1) is 23.1. The van der Waals surface area contributed by atoms with E-state index in [1.165, 1.54) is 0 Å². The lowest BCUT2D eigenvalue weighted by Gasteiger charge is -2.10. The van der Waals surface area contributed by atoms with Crippen LogP contribution in [-0.2, 0) is 11.0 Å². The van der Waals surface area contributed by atoms with Crippen LogP contribution in [0.4, 0.5) is 26.3 Å². The van der Waals surface area contributed by atoms with Crippen molar-refractivity contribution in [2.75, 3.05) is 0 Å². The minimum absolute atomic E-state index is 0.272. The number of imidazole rings is 1. The predicted molar refractivity (Wildman–Crippen MR) is 93.7 cm³/mol.